The SMILES string of the molecule is CCOC(=O)CN1C(=O)C(=S2CN(CC)c3ccccc32)SC1=S. The summed E-state index contributed by atoms with van der Waals surface area (Å²) < 4.78 is 6.10. The van der Waals surface area contributed by atoms with Crippen molar-refractivity contribution in [2.75, 3.05) is 30.5 Å². The fourth-order valence-electron chi connectivity index (χ4n) is 2.64. The molecule has 1 unspecified atom stereocenters. The zero-order chi connectivity index (χ0) is 17.3. The third-order valence-corrected chi connectivity index (χ3v) is 7.92. The van der Waals surface area contributed by atoms with Crippen LogP contribution in [0.5, 0.6) is 0 Å². The number of thiocarbonyl (C=S) groups is 1. The van der Waals surface area contributed by atoms with Gasteiger partial charge in [-0.05, 0) is 37.7 Å². The Labute approximate surface area is 153 Å². The van der Waals surface area contributed by atoms with Gasteiger partial charge in [-0.3, -0.25) is 14.5 Å². The first kappa shape index (κ1) is 17.4. The average molecular weight is 383 g/mol. The number of carbonyl (C=O) groups excluding carboxylic acids is 2. The second-order valence-corrected chi connectivity index (χ2v) is 8.99. The summed E-state index contributed by atoms with van der Waals surface area (Å²) in [6.07, 6.45) is 0. The molecule has 2 aliphatic heterocycles. The predicted molar refractivity (Wildman–Crippen MR) is 104 cm³/mol. The van der Waals surface area contributed by atoms with Gasteiger partial charge in [-0.15, -0.1) is 10.5 Å². The Morgan fingerprint density at radius 3 is 2.83 bits per heavy atom. The Hall–Kier alpha value is -1.38. The van der Waals surface area contributed by atoms with Gasteiger partial charge in [0.15, 0.2) is 0 Å². The molecule has 0 N–H and O–H groups in total. The van der Waals surface area contributed by atoms with Crippen LogP contribution in [0.1, 0.15) is 13.8 Å². The number of rotatable bonds is 4. The van der Waals surface area contributed by atoms with Crippen molar-refractivity contribution in [3.05, 3.63) is 24.3 Å². The summed E-state index contributed by atoms with van der Waals surface area (Å²) in [5.41, 5.74) is 1.18. The van der Waals surface area contributed by atoms with Gasteiger partial charge in [-0.1, -0.05) is 24.4 Å². The summed E-state index contributed by atoms with van der Waals surface area (Å²) in [5.74, 6) is 0.203. The molecule has 0 aromatic heterocycles. The molecule has 128 valence electrons. The zero-order valence-electron chi connectivity index (χ0n) is 13.5. The highest BCUT2D eigenvalue weighted by molar-refractivity contribution is 8.45. The van der Waals surface area contributed by atoms with Crippen molar-refractivity contribution >= 4 is 60.5 Å². The number of para-hydroxylation sites is 1. The van der Waals surface area contributed by atoms with Crippen LogP contribution in [0.15, 0.2) is 29.2 Å². The third-order valence-electron chi connectivity index (χ3n) is 3.77. The Balaban J connectivity index is 1.93. The van der Waals surface area contributed by atoms with Crippen LogP contribution in [0.25, 0.3) is 0 Å². The largest absolute Gasteiger partial charge is 0.465 e. The number of esters is 1. The molecule has 1 atom stereocenters. The van der Waals surface area contributed by atoms with E-state index in [0.717, 1.165) is 16.6 Å². The smallest absolute Gasteiger partial charge is 0.326 e. The number of fused-ring (bicyclic) bond motifs is 1. The van der Waals surface area contributed by atoms with Gasteiger partial charge in [0.1, 0.15) is 15.1 Å². The van der Waals surface area contributed by atoms with Gasteiger partial charge in [0.2, 0.25) is 0 Å². The standard InChI is InChI=1S/C16H18N2O3S3/c1-3-17-10-24(12-8-6-5-7-11(12)17)15-14(20)18(16(22)23-15)9-13(19)21-4-2/h5-8H,3-4,9-10H2,1-2H3. The summed E-state index contributed by atoms with van der Waals surface area (Å²) in [4.78, 5) is 29.3. The number of nitrogens with zero attached hydrogens (tertiary/aromatic N) is 2. The molecule has 8 heteroatoms. The summed E-state index contributed by atoms with van der Waals surface area (Å²) in [5, 5.41) is 0. The van der Waals surface area contributed by atoms with Gasteiger partial charge in [0.05, 0.1) is 18.2 Å². The molecule has 24 heavy (non-hydrogen) atoms. The quantitative estimate of drug-likeness (QED) is 0.589. The monoisotopic (exact) mass is 382 g/mol. The molecule has 0 radical (unpaired) electrons. The van der Waals surface area contributed by atoms with E-state index in [9.17, 15) is 9.59 Å². The van der Waals surface area contributed by atoms with Crippen molar-refractivity contribution < 1.29 is 14.3 Å². The van der Waals surface area contributed by atoms with E-state index in [1.807, 2.05) is 12.1 Å². The van der Waals surface area contributed by atoms with E-state index in [-0.39, 0.29) is 22.9 Å². The molecule has 2 heterocycles. The van der Waals surface area contributed by atoms with Gasteiger partial charge < -0.3 is 9.64 Å². The lowest BCUT2D eigenvalue weighted by Gasteiger charge is -2.15. The number of carbonyl (C=O) groups is 2. The van der Waals surface area contributed by atoms with Crippen LogP contribution in [0, 0.1) is 0 Å². The molecule has 0 aliphatic carbocycles. The maximum Gasteiger partial charge on any atom is 0.326 e. The molecule has 2 aliphatic rings. The maximum atomic E-state index is 12.8. The number of hydrogen-bond acceptors (Lipinski definition) is 6. The summed E-state index contributed by atoms with van der Waals surface area (Å²) in [6, 6.07) is 8.18. The fraction of sp³-hybridized carbons (Fsp3) is 0.375. The number of anilines is 1. The average Bonchev–Trinajstić information content (AvgIpc) is 3.07. The van der Waals surface area contributed by atoms with E-state index < -0.39 is 5.97 Å². The van der Waals surface area contributed by atoms with Crippen LogP contribution >= 0.6 is 34.5 Å². The summed E-state index contributed by atoms with van der Waals surface area (Å²) >= 11 is 6.64. The topological polar surface area (TPSA) is 49.9 Å². The Morgan fingerprint density at radius 1 is 1.38 bits per heavy atom. The predicted octanol–water partition coefficient (Wildman–Crippen LogP) is 2.67. The first-order valence-corrected chi connectivity index (χ1v) is 10.3. The highest BCUT2D eigenvalue weighted by Crippen LogP contribution is 2.47. The molecular formula is C16H18N2O3S3. The molecule has 1 fully saturated rings. The Kier molecular flexibility index (Phi) is 5.27. The molecule has 1 aromatic rings. The van der Waals surface area contributed by atoms with Crippen molar-refractivity contribution in [3.63, 3.8) is 0 Å². The molecule has 0 bridgehead atoms. The molecule has 1 amide bonds. The fourth-order valence-corrected chi connectivity index (χ4v) is 6.98. The van der Waals surface area contributed by atoms with Gasteiger partial charge in [0, 0.05) is 11.4 Å². The van der Waals surface area contributed by atoms with Crippen LogP contribution in [0.3, 0.4) is 0 Å². The lowest BCUT2D eigenvalue weighted by atomic mass is 10.3. The Bertz CT molecular complexity index is 748. The minimum atomic E-state index is -0.430. The minimum Gasteiger partial charge on any atom is -0.465 e. The molecule has 1 aromatic carbocycles. The van der Waals surface area contributed by atoms with Gasteiger partial charge in [-0.25, -0.2) is 0 Å². The lowest BCUT2D eigenvalue weighted by Crippen LogP contribution is -2.35. The molecule has 1 saturated heterocycles. The molecule has 3 rings (SSSR count). The number of hydrogen-bond donors (Lipinski definition) is 0. The minimum absolute atomic E-state index is 0.113. The van der Waals surface area contributed by atoms with Crippen molar-refractivity contribution in [2.45, 2.75) is 18.7 Å². The molecule has 0 spiro atoms. The second kappa shape index (κ2) is 7.25. The van der Waals surface area contributed by atoms with E-state index in [1.54, 1.807) is 6.92 Å². The highest BCUT2D eigenvalue weighted by atomic mass is 32.2. The third kappa shape index (κ3) is 3.10. The Morgan fingerprint density at radius 2 is 2.12 bits per heavy atom. The van der Waals surface area contributed by atoms with Crippen molar-refractivity contribution in [2.24, 2.45) is 0 Å². The van der Waals surface area contributed by atoms with Crippen LogP contribution in [-0.2, 0) is 14.3 Å². The van der Waals surface area contributed by atoms with Gasteiger partial charge in [0.25, 0.3) is 5.91 Å². The summed E-state index contributed by atoms with van der Waals surface area (Å²) in [7, 11) is -0.323. The lowest BCUT2D eigenvalue weighted by molar-refractivity contribution is -0.145. The van der Waals surface area contributed by atoms with Crippen molar-refractivity contribution in [3.8, 4) is 0 Å². The van der Waals surface area contributed by atoms with E-state index in [4.69, 9.17) is 17.0 Å². The van der Waals surface area contributed by atoms with Gasteiger partial charge >= 0.3 is 5.97 Å². The molecular weight excluding hydrogens is 364 g/mol. The number of ether oxygens (including phenoxy) is 1. The van der Waals surface area contributed by atoms with Crippen molar-refractivity contribution in [1.29, 1.82) is 0 Å². The normalized spacial score (nSPS) is 21.4. The zero-order valence-corrected chi connectivity index (χ0v) is 15.9. The summed E-state index contributed by atoms with van der Waals surface area (Å²) in [6.45, 7) is 4.92. The van der Waals surface area contributed by atoms with E-state index in [2.05, 4.69) is 24.0 Å². The van der Waals surface area contributed by atoms with Gasteiger partial charge in [-0.2, -0.15) is 0 Å². The molecule has 0 saturated carbocycles. The number of thioether (sulfide) groups is 1. The first-order chi connectivity index (χ1) is 11.6. The number of amides is 1. The van der Waals surface area contributed by atoms with E-state index >= 15 is 0 Å². The second-order valence-electron chi connectivity index (χ2n) is 5.20. The highest BCUT2D eigenvalue weighted by Gasteiger charge is 2.38. The first-order valence-electron chi connectivity index (χ1n) is 7.67. The van der Waals surface area contributed by atoms with E-state index in [0.29, 0.717) is 10.9 Å². The van der Waals surface area contributed by atoms with Crippen LogP contribution in [-0.4, -0.2) is 50.9 Å². The maximum absolute atomic E-state index is 12.8. The number of benzene rings is 1. The molecule has 5 nitrogen and oxygen atoms in total. The van der Waals surface area contributed by atoms with Crippen molar-refractivity contribution in [1.82, 2.24) is 4.90 Å². The van der Waals surface area contributed by atoms with E-state index in [1.165, 1.54) is 27.2 Å². The van der Waals surface area contributed by atoms with Crippen LogP contribution < -0.4 is 4.90 Å². The van der Waals surface area contributed by atoms with Crippen LogP contribution in [0.4, 0.5) is 5.69 Å². The van der Waals surface area contributed by atoms with Crippen LogP contribution in [0.2, 0.25) is 0 Å².